The molecule has 0 radical (unpaired) electrons. The molecule has 2 unspecified atom stereocenters. The van der Waals surface area contributed by atoms with E-state index in [2.05, 4.69) is 24.1 Å². The highest BCUT2D eigenvalue weighted by Gasteiger charge is 2.63. The minimum absolute atomic E-state index is 0.00278. The van der Waals surface area contributed by atoms with Gasteiger partial charge in [-0.3, -0.25) is 4.79 Å². The van der Waals surface area contributed by atoms with Gasteiger partial charge in [0.05, 0.1) is 5.41 Å². The number of nitrogens with zero attached hydrogens (tertiary/aromatic N) is 1. The summed E-state index contributed by atoms with van der Waals surface area (Å²) < 4.78 is 0. The molecule has 6 aliphatic rings. The standard InChI is InChI=1S/C22H36N2O/c1-20-9-17-10-21(2,13-20)15-22(11-17,14-20)19(25)24-7-5-18(6-8-24)23-12-16-3-4-16/h16-18,23H,3-15H2,1-2H3. The second-order valence-corrected chi connectivity index (χ2v) is 11.3. The quantitative estimate of drug-likeness (QED) is 0.837. The first-order valence-electron chi connectivity index (χ1n) is 10.9. The Morgan fingerprint density at radius 3 is 2.16 bits per heavy atom. The summed E-state index contributed by atoms with van der Waals surface area (Å²) in [5, 5.41) is 3.75. The van der Waals surface area contributed by atoms with Crippen LogP contribution in [0, 0.1) is 28.1 Å². The van der Waals surface area contributed by atoms with Crippen molar-refractivity contribution < 1.29 is 4.79 Å². The van der Waals surface area contributed by atoms with Crippen molar-refractivity contribution >= 4 is 5.91 Å². The maximum absolute atomic E-state index is 13.6. The predicted octanol–water partition coefficient (Wildman–Crippen LogP) is 3.97. The summed E-state index contributed by atoms with van der Waals surface area (Å²) in [4.78, 5) is 15.9. The maximum Gasteiger partial charge on any atom is 0.228 e. The number of carbonyl (C=O) groups is 1. The third kappa shape index (κ3) is 2.95. The van der Waals surface area contributed by atoms with Gasteiger partial charge in [-0.05, 0) is 93.4 Å². The molecule has 0 aromatic heterocycles. The van der Waals surface area contributed by atoms with Crippen LogP contribution in [-0.2, 0) is 4.79 Å². The molecule has 6 rings (SSSR count). The molecule has 1 amide bonds. The smallest absolute Gasteiger partial charge is 0.228 e. The third-order valence-electron chi connectivity index (χ3n) is 8.25. The van der Waals surface area contributed by atoms with Gasteiger partial charge in [0, 0.05) is 19.1 Å². The van der Waals surface area contributed by atoms with Gasteiger partial charge in [0.25, 0.3) is 0 Å². The monoisotopic (exact) mass is 344 g/mol. The lowest BCUT2D eigenvalue weighted by Gasteiger charge is -2.65. The Morgan fingerprint density at radius 1 is 0.960 bits per heavy atom. The zero-order valence-corrected chi connectivity index (χ0v) is 16.3. The molecule has 3 heteroatoms. The fraction of sp³-hybridized carbons (Fsp3) is 0.955. The molecule has 6 fully saturated rings. The van der Waals surface area contributed by atoms with E-state index >= 15 is 0 Å². The van der Waals surface area contributed by atoms with E-state index in [0.29, 0.717) is 22.8 Å². The van der Waals surface area contributed by atoms with E-state index in [0.717, 1.165) is 37.8 Å². The van der Waals surface area contributed by atoms with Crippen LogP contribution < -0.4 is 5.32 Å². The Labute approximate surface area is 153 Å². The van der Waals surface area contributed by atoms with Gasteiger partial charge in [-0.15, -0.1) is 0 Å². The van der Waals surface area contributed by atoms with Gasteiger partial charge < -0.3 is 10.2 Å². The Morgan fingerprint density at radius 2 is 1.60 bits per heavy atom. The Hall–Kier alpha value is -0.570. The number of piperidine rings is 1. The highest BCUT2D eigenvalue weighted by molar-refractivity contribution is 5.83. The SMILES string of the molecule is CC12CC3CC(C)(C1)CC(C(=O)N1CCC(NCC4CC4)CC1)(C3)C2. The van der Waals surface area contributed by atoms with Gasteiger partial charge >= 0.3 is 0 Å². The first-order valence-corrected chi connectivity index (χ1v) is 10.9. The minimum atomic E-state index is -0.00278. The van der Waals surface area contributed by atoms with Crippen molar-refractivity contribution in [2.24, 2.45) is 28.1 Å². The second kappa shape index (κ2) is 5.47. The number of rotatable bonds is 4. The van der Waals surface area contributed by atoms with Crippen LogP contribution >= 0.6 is 0 Å². The summed E-state index contributed by atoms with van der Waals surface area (Å²) in [5.41, 5.74) is 0.874. The molecule has 1 aliphatic heterocycles. The second-order valence-electron chi connectivity index (χ2n) is 11.3. The highest BCUT2D eigenvalue weighted by Crippen LogP contribution is 2.69. The summed E-state index contributed by atoms with van der Waals surface area (Å²) in [6, 6.07) is 0.649. The number of hydrogen-bond acceptors (Lipinski definition) is 2. The number of likely N-dealkylation sites (tertiary alicyclic amines) is 1. The molecule has 1 heterocycles. The molecule has 5 saturated carbocycles. The van der Waals surface area contributed by atoms with Gasteiger partial charge in [-0.2, -0.15) is 0 Å². The van der Waals surface area contributed by atoms with Gasteiger partial charge in [0.2, 0.25) is 5.91 Å². The fourth-order valence-corrected chi connectivity index (χ4v) is 7.96. The lowest BCUT2D eigenvalue weighted by atomic mass is 9.40. The van der Waals surface area contributed by atoms with Gasteiger partial charge in [0.1, 0.15) is 0 Å². The molecule has 25 heavy (non-hydrogen) atoms. The molecule has 0 spiro atoms. The van der Waals surface area contributed by atoms with E-state index in [-0.39, 0.29) is 5.41 Å². The Balaban J connectivity index is 1.25. The summed E-state index contributed by atoms with van der Waals surface area (Å²) in [6.07, 6.45) is 12.8. The van der Waals surface area contributed by atoms with E-state index < -0.39 is 0 Å². The van der Waals surface area contributed by atoms with Crippen molar-refractivity contribution in [3.63, 3.8) is 0 Å². The van der Waals surface area contributed by atoms with Gasteiger partial charge in [0.15, 0.2) is 0 Å². The van der Waals surface area contributed by atoms with E-state index in [1.54, 1.807) is 0 Å². The van der Waals surface area contributed by atoms with Crippen molar-refractivity contribution in [1.29, 1.82) is 0 Å². The number of hydrogen-bond donors (Lipinski definition) is 1. The molecule has 1 N–H and O–H groups in total. The summed E-state index contributed by atoms with van der Waals surface area (Å²) in [5.74, 6) is 2.30. The zero-order chi connectivity index (χ0) is 17.3. The average molecular weight is 345 g/mol. The number of amides is 1. The zero-order valence-electron chi connectivity index (χ0n) is 16.3. The summed E-state index contributed by atoms with van der Waals surface area (Å²) in [7, 11) is 0. The van der Waals surface area contributed by atoms with E-state index in [4.69, 9.17) is 0 Å². The highest BCUT2D eigenvalue weighted by atomic mass is 16.2. The molecule has 0 aromatic carbocycles. The Bertz CT molecular complexity index is 542. The molecule has 4 bridgehead atoms. The van der Waals surface area contributed by atoms with Crippen LogP contribution in [0.15, 0.2) is 0 Å². The van der Waals surface area contributed by atoms with Crippen molar-refractivity contribution in [1.82, 2.24) is 10.2 Å². The van der Waals surface area contributed by atoms with Crippen LogP contribution in [0.25, 0.3) is 0 Å². The predicted molar refractivity (Wildman–Crippen MR) is 100 cm³/mol. The van der Waals surface area contributed by atoms with Crippen LogP contribution in [0.3, 0.4) is 0 Å². The van der Waals surface area contributed by atoms with Crippen LogP contribution in [-0.4, -0.2) is 36.5 Å². The fourth-order valence-electron chi connectivity index (χ4n) is 7.96. The summed E-state index contributed by atoms with van der Waals surface area (Å²) in [6.45, 7) is 8.14. The van der Waals surface area contributed by atoms with Crippen molar-refractivity contribution in [2.75, 3.05) is 19.6 Å². The van der Waals surface area contributed by atoms with Crippen LogP contribution in [0.1, 0.15) is 78.1 Å². The van der Waals surface area contributed by atoms with Crippen LogP contribution in [0.4, 0.5) is 0 Å². The summed E-state index contributed by atoms with van der Waals surface area (Å²) >= 11 is 0. The first kappa shape index (κ1) is 16.6. The van der Waals surface area contributed by atoms with Crippen molar-refractivity contribution in [3.05, 3.63) is 0 Å². The van der Waals surface area contributed by atoms with E-state index in [9.17, 15) is 4.79 Å². The minimum Gasteiger partial charge on any atom is -0.342 e. The Kier molecular flexibility index (Phi) is 3.63. The molecule has 0 aromatic rings. The molecular weight excluding hydrogens is 308 g/mol. The third-order valence-corrected chi connectivity index (χ3v) is 8.25. The lowest BCUT2D eigenvalue weighted by Crippen LogP contribution is -2.61. The van der Waals surface area contributed by atoms with Crippen molar-refractivity contribution in [2.45, 2.75) is 84.1 Å². The van der Waals surface area contributed by atoms with Gasteiger partial charge in [-0.25, -0.2) is 0 Å². The molecule has 3 nitrogen and oxygen atoms in total. The normalized spacial score (nSPS) is 46.6. The molecule has 140 valence electrons. The lowest BCUT2D eigenvalue weighted by molar-refractivity contribution is -0.180. The van der Waals surface area contributed by atoms with Gasteiger partial charge in [-0.1, -0.05) is 13.8 Å². The first-order chi connectivity index (χ1) is 11.9. The molecular formula is C22H36N2O. The largest absolute Gasteiger partial charge is 0.342 e. The van der Waals surface area contributed by atoms with Crippen LogP contribution in [0.2, 0.25) is 0 Å². The maximum atomic E-state index is 13.6. The molecule has 2 atom stereocenters. The molecule has 1 saturated heterocycles. The van der Waals surface area contributed by atoms with Crippen molar-refractivity contribution in [3.8, 4) is 0 Å². The average Bonchev–Trinajstić information content (AvgIpc) is 3.33. The topological polar surface area (TPSA) is 32.3 Å². The molecule has 5 aliphatic carbocycles. The van der Waals surface area contributed by atoms with E-state index in [1.165, 1.54) is 57.9 Å². The number of nitrogens with one attached hydrogen (secondary N) is 1. The number of carbonyl (C=O) groups excluding carboxylic acids is 1. The van der Waals surface area contributed by atoms with E-state index in [1.807, 2.05) is 0 Å². The van der Waals surface area contributed by atoms with Crippen LogP contribution in [0.5, 0.6) is 0 Å².